The Bertz CT molecular complexity index is 685. The van der Waals surface area contributed by atoms with Gasteiger partial charge in [-0.15, -0.1) is 0 Å². The molecule has 132 valence electrons. The van der Waals surface area contributed by atoms with Crippen molar-refractivity contribution in [3.63, 3.8) is 0 Å². The maximum Gasteiger partial charge on any atom is 0.225 e. The molecule has 25 heavy (non-hydrogen) atoms. The number of nitrogens with one attached hydrogen (secondary N) is 1. The Morgan fingerprint density at radius 3 is 2.84 bits per heavy atom. The summed E-state index contributed by atoms with van der Waals surface area (Å²) >= 11 is 0. The fourth-order valence-corrected chi connectivity index (χ4v) is 2.83. The van der Waals surface area contributed by atoms with Crippen LogP contribution in [0, 0.1) is 5.92 Å². The Labute approximate surface area is 146 Å². The van der Waals surface area contributed by atoms with E-state index in [1.165, 1.54) is 0 Å². The quantitative estimate of drug-likeness (QED) is 0.747. The zero-order valence-electron chi connectivity index (χ0n) is 14.0. The zero-order chi connectivity index (χ0) is 17.5. The summed E-state index contributed by atoms with van der Waals surface area (Å²) in [6.45, 7) is 1.93. The molecular formula is C19H22N2O4. The average Bonchev–Trinajstić information content (AvgIpc) is 3.26. The third-order valence-electron chi connectivity index (χ3n) is 4.14. The van der Waals surface area contributed by atoms with Crippen molar-refractivity contribution in [1.29, 1.82) is 0 Å². The molecule has 1 N–H and O–H groups in total. The molecule has 0 aliphatic carbocycles. The van der Waals surface area contributed by atoms with E-state index in [1.54, 1.807) is 17.2 Å². The highest BCUT2D eigenvalue weighted by Gasteiger charge is 2.34. The second kappa shape index (κ2) is 8.37. The Morgan fingerprint density at radius 1 is 1.24 bits per heavy atom. The maximum absolute atomic E-state index is 12.2. The summed E-state index contributed by atoms with van der Waals surface area (Å²) in [6, 6.07) is 13.2. The second-order valence-corrected chi connectivity index (χ2v) is 6.06. The van der Waals surface area contributed by atoms with E-state index in [4.69, 9.17) is 9.15 Å². The predicted molar refractivity (Wildman–Crippen MR) is 91.8 cm³/mol. The minimum atomic E-state index is -0.294. The van der Waals surface area contributed by atoms with Gasteiger partial charge in [-0.2, -0.15) is 0 Å². The number of hydrogen-bond donors (Lipinski definition) is 1. The van der Waals surface area contributed by atoms with Gasteiger partial charge in [0.05, 0.1) is 25.3 Å². The van der Waals surface area contributed by atoms with Crippen LogP contribution in [0.3, 0.4) is 0 Å². The summed E-state index contributed by atoms with van der Waals surface area (Å²) < 4.78 is 10.8. The number of likely N-dealkylation sites (tertiary alicyclic amines) is 1. The van der Waals surface area contributed by atoms with E-state index in [2.05, 4.69) is 5.32 Å². The van der Waals surface area contributed by atoms with Crippen LogP contribution in [-0.2, 0) is 16.1 Å². The molecule has 1 aromatic heterocycles. The summed E-state index contributed by atoms with van der Waals surface area (Å²) in [4.78, 5) is 25.9. The number of amides is 2. The van der Waals surface area contributed by atoms with E-state index in [0.717, 1.165) is 17.9 Å². The van der Waals surface area contributed by atoms with Gasteiger partial charge in [0.25, 0.3) is 0 Å². The SMILES string of the molecule is O=C(NCCCOc1ccccc1)C1CC(=O)N(Cc2ccco2)C1. The molecule has 1 fully saturated rings. The van der Waals surface area contributed by atoms with E-state index in [0.29, 0.717) is 26.2 Å². The molecule has 0 bridgehead atoms. The van der Waals surface area contributed by atoms with E-state index in [9.17, 15) is 9.59 Å². The largest absolute Gasteiger partial charge is 0.494 e. The molecule has 1 aliphatic rings. The van der Waals surface area contributed by atoms with Gasteiger partial charge < -0.3 is 19.4 Å². The van der Waals surface area contributed by atoms with Crippen LogP contribution in [0.1, 0.15) is 18.6 Å². The van der Waals surface area contributed by atoms with E-state index < -0.39 is 0 Å². The Kier molecular flexibility index (Phi) is 5.72. The van der Waals surface area contributed by atoms with Crippen LogP contribution in [0.5, 0.6) is 5.75 Å². The Balaban J connectivity index is 1.35. The molecule has 0 radical (unpaired) electrons. The number of furan rings is 1. The molecule has 2 amide bonds. The van der Waals surface area contributed by atoms with Gasteiger partial charge in [0.15, 0.2) is 0 Å². The molecular weight excluding hydrogens is 320 g/mol. The van der Waals surface area contributed by atoms with Crippen LogP contribution >= 0.6 is 0 Å². The molecule has 2 aromatic rings. The molecule has 6 heteroatoms. The zero-order valence-corrected chi connectivity index (χ0v) is 14.0. The van der Waals surface area contributed by atoms with Gasteiger partial charge in [-0.05, 0) is 30.7 Å². The van der Waals surface area contributed by atoms with Crippen LogP contribution in [0.4, 0.5) is 0 Å². The van der Waals surface area contributed by atoms with Gasteiger partial charge >= 0.3 is 0 Å². The summed E-state index contributed by atoms with van der Waals surface area (Å²) in [5.74, 6) is 1.17. The fraction of sp³-hybridized carbons (Fsp3) is 0.368. The van der Waals surface area contributed by atoms with Gasteiger partial charge in [0.1, 0.15) is 11.5 Å². The minimum absolute atomic E-state index is 0.0102. The number of ether oxygens (including phenoxy) is 1. The predicted octanol–water partition coefficient (Wildman–Crippen LogP) is 2.21. The molecule has 2 heterocycles. The summed E-state index contributed by atoms with van der Waals surface area (Å²) in [7, 11) is 0. The Morgan fingerprint density at radius 2 is 2.08 bits per heavy atom. The lowest BCUT2D eigenvalue weighted by Gasteiger charge is -2.15. The molecule has 1 unspecified atom stereocenters. The van der Waals surface area contributed by atoms with Crippen molar-refractivity contribution in [2.45, 2.75) is 19.4 Å². The van der Waals surface area contributed by atoms with Crippen LogP contribution in [0.15, 0.2) is 53.1 Å². The van der Waals surface area contributed by atoms with Crippen molar-refractivity contribution in [2.24, 2.45) is 5.92 Å². The van der Waals surface area contributed by atoms with Crippen LogP contribution in [0.25, 0.3) is 0 Å². The fourth-order valence-electron chi connectivity index (χ4n) is 2.83. The van der Waals surface area contributed by atoms with Crippen molar-refractivity contribution < 1.29 is 18.7 Å². The monoisotopic (exact) mass is 342 g/mol. The third kappa shape index (κ3) is 4.86. The van der Waals surface area contributed by atoms with Gasteiger partial charge in [0.2, 0.25) is 11.8 Å². The van der Waals surface area contributed by atoms with Gasteiger partial charge in [-0.1, -0.05) is 18.2 Å². The highest BCUT2D eigenvalue weighted by atomic mass is 16.5. The smallest absolute Gasteiger partial charge is 0.225 e. The number of para-hydroxylation sites is 1. The van der Waals surface area contributed by atoms with Crippen molar-refractivity contribution in [1.82, 2.24) is 10.2 Å². The van der Waals surface area contributed by atoms with Crippen LogP contribution in [-0.4, -0.2) is 36.4 Å². The number of hydrogen-bond acceptors (Lipinski definition) is 4. The first-order valence-electron chi connectivity index (χ1n) is 8.48. The first kappa shape index (κ1) is 17.1. The Hall–Kier alpha value is -2.76. The number of carbonyl (C=O) groups is 2. The van der Waals surface area contributed by atoms with E-state index in [1.807, 2.05) is 36.4 Å². The van der Waals surface area contributed by atoms with Crippen molar-refractivity contribution >= 4 is 11.8 Å². The lowest BCUT2D eigenvalue weighted by Crippen LogP contribution is -2.33. The van der Waals surface area contributed by atoms with Gasteiger partial charge in [-0.3, -0.25) is 9.59 Å². The average molecular weight is 342 g/mol. The van der Waals surface area contributed by atoms with E-state index in [-0.39, 0.29) is 24.2 Å². The molecule has 1 aromatic carbocycles. The molecule has 6 nitrogen and oxygen atoms in total. The first-order chi connectivity index (χ1) is 12.2. The molecule has 3 rings (SSSR count). The number of rotatable bonds is 8. The molecule has 0 saturated carbocycles. The van der Waals surface area contributed by atoms with Gasteiger partial charge in [0, 0.05) is 19.5 Å². The lowest BCUT2D eigenvalue weighted by atomic mass is 10.1. The van der Waals surface area contributed by atoms with Crippen molar-refractivity contribution in [3.8, 4) is 5.75 Å². The highest BCUT2D eigenvalue weighted by molar-refractivity contribution is 5.89. The molecule has 1 saturated heterocycles. The third-order valence-corrected chi connectivity index (χ3v) is 4.14. The van der Waals surface area contributed by atoms with Crippen molar-refractivity contribution in [2.75, 3.05) is 19.7 Å². The number of nitrogens with zero attached hydrogens (tertiary/aromatic N) is 1. The minimum Gasteiger partial charge on any atom is -0.494 e. The maximum atomic E-state index is 12.2. The summed E-state index contributed by atoms with van der Waals surface area (Å²) in [5.41, 5.74) is 0. The standard InChI is InChI=1S/C19H22N2O4/c22-18-12-15(13-21(18)14-17-8-4-10-25-17)19(23)20-9-5-11-24-16-6-2-1-3-7-16/h1-4,6-8,10,15H,5,9,11-14H2,(H,20,23). The van der Waals surface area contributed by atoms with Crippen LogP contribution in [0.2, 0.25) is 0 Å². The number of benzene rings is 1. The van der Waals surface area contributed by atoms with Crippen LogP contribution < -0.4 is 10.1 Å². The van der Waals surface area contributed by atoms with Gasteiger partial charge in [-0.25, -0.2) is 0 Å². The second-order valence-electron chi connectivity index (χ2n) is 6.06. The van der Waals surface area contributed by atoms with E-state index >= 15 is 0 Å². The lowest BCUT2D eigenvalue weighted by molar-refractivity contribution is -0.129. The summed E-state index contributed by atoms with van der Waals surface area (Å²) in [5, 5.41) is 2.89. The molecule has 1 aliphatic heterocycles. The summed E-state index contributed by atoms with van der Waals surface area (Å²) in [6.07, 6.45) is 2.56. The van der Waals surface area contributed by atoms with Crippen molar-refractivity contribution in [3.05, 3.63) is 54.5 Å². The number of carbonyl (C=O) groups excluding carboxylic acids is 2. The topological polar surface area (TPSA) is 71.8 Å². The highest BCUT2D eigenvalue weighted by Crippen LogP contribution is 2.20. The molecule has 0 spiro atoms. The molecule has 1 atom stereocenters. The normalized spacial score (nSPS) is 16.9. The first-order valence-corrected chi connectivity index (χ1v) is 8.48.